The van der Waals surface area contributed by atoms with Gasteiger partial charge >= 0.3 is 0 Å². The zero-order valence-corrected chi connectivity index (χ0v) is 91.6. The fourth-order valence-corrected chi connectivity index (χ4v) is 26.7. The Kier molecular flexibility index (Phi) is 33.8. The fraction of sp³-hybridized carbons (Fsp3) is 0.163. The number of anilines is 18. The van der Waals surface area contributed by atoms with Crippen LogP contribution in [0, 0.1) is 0 Å². The lowest BCUT2D eigenvalue weighted by Crippen LogP contribution is -2.19. The van der Waals surface area contributed by atoms with Crippen LogP contribution in [0.4, 0.5) is 102 Å². The number of hydrogen-bond acceptors (Lipinski definition) is 18. The molecule has 12 heterocycles. The summed E-state index contributed by atoms with van der Waals surface area (Å²) in [4.78, 5) is 35.4. The molecule has 0 saturated heterocycles. The Labute approximate surface area is 902 Å². The Hall–Kier alpha value is -13.2. The van der Waals surface area contributed by atoms with E-state index in [4.69, 9.17) is 18.9 Å². The maximum absolute atomic E-state index is 6.02. The first-order chi connectivity index (χ1) is 72.5. The van der Waals surface area contributed by atoms with Gasteiger partial charge in [0.2, 0.25) is 0 Å². The highest BCUT2D eigenvalue weighted by Crippen LogP contribution is 2.67. The molecule has 18 aromatic rings. The second kappa shape index (κ2) is 48.6. The molecule has 0 aliphatic carbocycles. The Morgan fingerprint density at radius 3 is 0.401 bits per heavy atom. The molecule has 30 rings (SSSR count). The van der Waals surface area contributed by atoms with Crippen molar-refractivity contribution in [2.24, 2.45) is 0 Å². The van der Waals surface area contributed by atoms with E-state index in [1.165, 1.54) is 204 Å². The van der Waals surface area contributed by atoms with E-state index in [1.807, 2.05) is 203 Å². The van der Waals surface area contributed by atoms with Crippen LogP contribution in [0.3, 0.4) is 0 Å². The second-order valence-corrected chi connectivity index (χ2v) is 44.3. The maximum atomic E-state index is 6.02. The lowest BCUT2D eigenvalue weighted by atomic mass is 10.1. The molecule has 0 spiro atoms. The molecule has 738 valence electrons. The lowest BCUT2D eigenvalue weighted by Gasteiger charge is -2.38. The number of ether oxygens (including phenoxy) is 4. The maximum Gasteiger partial charge on any atom is 0.155 e. The van der Waals surface area contributed by atoms with Crippen LogP contribution < -0.4 is 48.3 Å². The quantitative estimate of drug-likeness (QED) is 0.169. The Morgan fingerprint density at radius 1 is 0.129 bits per heavy atom. The van der Waals surface area contributed by atoms with Gasteiger partial charge in [0.05, 0.1) is 91.0 Å². The third kappa shape index (κ3) is 21.4. The zero-order valence-electron chi connectivity index (χ0n) is 85.1. The highest BCUT2D eigenvalue weighted by Gasteiger charge is 2.40. The van der Waals surface area contributed by atoms with E-state index in [0.717, 1.165) is 80.1 Å². The average molecular weight is 2070 g/mol. The summed E-state index contributed by atoms with van der Waals surface area (Å²) in [7, 11) is 0. The molecule has 0 N–H and O–H groups in total. The molecular weight excluding hydrogens is 1950 g/mol. The van der Waals surface area contributed by atoms with Gasteiger partial charge in [0.25, 0.3) is 0 Å². The van der Waals surface area contributed by atoms with Crippen molar-refractivity contribution in [2.45, 2.75) is 219 Å². The number of nitrogens with zero attached hydrogens (tertiary/aromatic N) is 6. The molecule has 12 aliphatic rings. The summed E-state index contributed by atoms with van der Waals surface area (Å²) in [6.45, 7) is 25.8. The first-order valence-corrected chi connectivity index (χ1v) is 57.8. The van der Waals surface area contributed by atoms with Crippen molar-refractivity contribution < 1.29 is 18.9 Å². The van der Waals surface area contributed by atoms with Gasteiger partial charge in [-0.2, -0.15) is 0 Å². The predicted molar refractivity (Wildman–Crippen MR) is 630 cm³/mol. The first-order valence-electron chi connectivity index (χ1n) is 51.3. The van der Waals surface area contributed by atoms with Crippen LogP contribution in [0.25, 0.3) is 0 Å². The zero-order chi connectivity index (χ0) is 101. The molecular formula is C129H120N6O4S8. The third-order valence-electron chi connectivity index (χ3n) is 24.5. The van der Waals surface area contributed by atoms with Crippen molar-refractivity contribution in [3.05, 3.63) is 400 Å². The van der Waals surface area contributed by atoms with Crippen LogP contribution in [-0.4, -0.2) is 0 Å². The first kappa shape index (κ1) is 102. The van der Waals surface area contributed by atoms with E-state index in [0.29, 0.717) is 0 Å². The molecule has 0 amide bonds. The van der Waals surface area contributed by atoms with Crippen molar-refractivity contribution in [1.29, 1.82) is 0 Å². The lowest BCUT2D eigenvalue weighted by molar-refractivity contribution is 0.445. The van der Waals surface area contributed by atoms with Gasteiger partial charge in [0.1, 0.15) is 11.4 Å². The minimum Gasteiger partial charge on any atom is -0.453 e. The summed E-state index contributed by atoms with van der Waals surface area (Å²) in [6.07, 6.45) is 11.7. The van der Waals surface area contributed by atoms with Gasteiger partial charge in [-0.05, 0) is 218 Å². The summed E-state index contributed by atoms with van der Waals surface area (Å²) in [5.74, 6) is 6.72. The molecule has 0 aromatic heterocycles. The van der Waals surface area contributed by atoms with Crippen molar-refractivity contribution >= 4 is 196 Å². The number of rotatable bonds is 3. The smallest absolute Gasteiger partial charge is 0.155 e. The summed E-state index contributed by atoms with van der Waals surface area (Å²) in [5.41, 5.74) is 21.7. The standard InChI is InChI=1S/2C18H11NO2.4C18H11NS2.3C4H10.3C3H8/c6*1-3-8-14-12(6-1)19-13-7-2-4-9-15(13)21-17-11-5-10-16(20-14)18(17)19;3*1-3-4-2;3*1-3-2/h6*1-11H;3*3-4H2,1-2H3;3*3H2,1-2H3. The van der Waals surface area contributed by atoms with Crippen molar-refractivity contribution in [3.8, 4) is 46.0 Å². The summed E-state index contributed by atoms with van der Waals surface area (Å²) < 4.78 is 24.1. The normalized spacial score (nSPS) is 12.9. The molecule has 12 aliphatic heterocycles. The average Bonchev–Trinajstić information content (AvgIpc) is 0.756. The molecule has 147 heavy (non-hydrogen) atoms. The van der Waals surface area contributed by atoms with Gasteiger partial charge in [-0.3, -0.25) is 9.80 Å². The van der Waals surface area contributed by atoms with Crippen molar-refractivity contribution in [3.63, 3.8) is 0 Å². The van der Waals surface area contributed by atoms with Crippen molar-refractivity contribution in [2.75, 3.05) is 29.4 Å². The van der Waals surface area contributed by atoms with Crippen LogP contribution in [-0.2, 0) is 0 Å². The molecule has 0 bridgehead atoms. The SMILES string of the molecule is CCC.CCC.CCC.CCCC.CCCC.CCCC.c1ccc2c(c1)Oc1cccc3c1N2c1ccccc1O3.c1ccc2c(c1)Oc1cccc3c1N2c1ccccc1O3.c1ccc2c(c1)Sc1cccc3c1N2c1ccccc1S3.c1ccc2c(c1)Sc1cccc3c1N2c1ccccc1S3.c1ccc2c(c1)Sc1cccc3c1N2c1ccccc1S3.c1ccc2c(c1)Sc1cccc3c1N2c1ccccc1S3. The van der Waals surface area contributed by atoms with Crippen LogP contribution >= 0.6 is 94.1 Å². The van der Waals surface area contributed by atoms with E-state index in [-0.39, 0.29) is 0 Å². The monoisotopic (exact) mass is 2070 g/mol. The highest BCUT2D eigenvalue weighted by atomic mass is 32.2. The van der Waals surface area contributed by atoms with Gasteiger partial charge in [-0.1, -0.05) is 417 Å². The number of hydrogen-bond donors (Lipinski definition) is 0. The third-order valence-corrected chi connectivity index (χ3v) is 33.4. The topological polar surface area (TPSA) is 56.4 Å². The fourth-order valence-electron chi connectivity index (χ4n) is 17.7. The van der Waals surface area contributed by atoms with Gasteiger partial charge in [-0.25, -0.2) is 0 Å². The molecule has 0 unspecified atom stereocenters. The number of benzene rings is 18. The van der Waals surface area contributed by atoms with Gasteiger partial charge < -0.3 is 38.5 Å². The largest absolute Gasteiger partial charge is 0.453 e. The number of unbranched alkanes of at least 4 members (excludes halogenated alkanes) is 3. The summed E-state index contributed by atoms with van der Waals surface area (Å²) >= 11 is 15.0. The van der Waals surface area contributed by atoms with Crippen LogP contribution in [0.1, 0.15) is 141 Å². The number of fused-ring (bicyclic) bond motifs is 24. The van der Waals surface area contributed by atoms with Crippen LogP contribution in [0.5, 0.6) is 46.0 Å². The van der Waals surface area contributed by atoms with Gasteiger partial charge in [-0.15, -0.1) is 0 Å². The molecule has 0 fully saturated rings. The summed E-state index contributed by atoms with van der Waals surface area (Å²) in [6, 6.07) is 140. The van der Waals surface area contributed by atoms with E-state index in [2.05, 4.69) is 404 Å². The Bertz CT molecular complexity index is 6140. The van der Waals surface area contributed by atoms with E-state index in [9.17, 15) is 0 Å². The molecule has 0 saturated carbocycles. The second-order valence-electron chi connectivity index (χ2n) is 35.6. The van der Waals surface area contributed by atoms with Gasteiger partial charge in [0, 0.05) is 78.3 Å². The van der Waals surface area contributed by atoms with E-state index >= 15 is 0 Å². The minimum atomic E-state index is 0.820. The Balaban J connectivity index is 0.000000107. The highest BCUT2D eigenvalue weighted by molar-refractivity contribution is 8.02. The van der Waals surface area contributed by atoms with Gasteiger partial charge in [0.15, 0.2) is 46.0 Å². The molecule has 18 heteroatoms. The Morgan fingerprint density at radius 2 is 0.245 bits per heavy atom. The molecule has 18 aromatic carbocycles. The van der Waals surface area contributed by atoms with E-state index in [1.54, 1.807) is 0 Å². The van der Waals surface area contributed by atoms with Crippen molar-refractivity contribution in [1.82, 2.24) is 0 Å². The summed E-state index contributed by atoms with van der Waals surface area (Å²) in [5, 5.41) is 0. The minimum absolute atomic E-state index is 0.820. The number of para-hydroxylation sites is 22. The van der Waals surface area contributed by atoms with E-state index < -0.39 is 0 Å². The molecule has 10 nitrogen and oxygen atoms in total. The molecule has 0 radical (unpaired) electrons. The van der Waals surface area contributed by atoms with Crippen LogP contribution in [0.15, 0.2) is 479 Å². The predicted octanol–water partition coefficient (Wildman–Crippen LogP) is 44.7. The molecule has 0 atom stereocenters. The van der Waals surface area contributed by atoms with Crippen LogP contribution in [0.2, 0.25) is 0 Å².